The van der Waals surface area contributed by atoms with E-state index in [1.54, 1.807) is 36.4 Å². The maximum atomic E-state index is 12.7. The van der Waals surface area contributed by atoms with Crippen LogP contribution in [-0.2, 0) is 9.53 Å². The largest absolute Gasteiger partial charge is 0.494 e. The SMILES string of the molecule is CCCCCCCCOc1ccc2cc(C(=O)Oc3ccc(/C=C/C(=O)OC[C@@H](C)CC)cc3)ccc2c1. The van der Waals surface area contributed by atoms with Crippen molar-refractivity contribution in [3.8, 4) is 11.5 Å². The van der Waals surface area contributed by atoms with Crippen molar-refractivity contribution >= 4 is 28.8 Å². The first-order chi connectivity index (χ1) is 18.5. The normalized spacial score (nSPS) is 12.0. The first-order valence-electron chi connectivity index (χ1n) is 13.8. The number of carbonyl (C=O) groups is 2. The highest BCUT2D eigenvalue weighted by atomic mass is 16.5. The molecule has 3 aromatic rings. The Kier molecular flexibility index (Phi) is 11.9. The van der Waals surface area contributed by atoms with Crippen LogP contribution in [0.5, 0.6) is 11.5 Å². The van der Waals surface area contributed by atoms with Gasteiger partial charge in [0.2, 0.25) is 0 Å². The van der Waals surface area contributed by atoms with Gasteiger partial charge in [0.25, 0.3) is 0 Å². The van der Waals surface area contributed by atoms with E-state index >= 15 is 0 Å². The molecule has 0 aliphatic rings. The number of ether oxygens (including phenoxy) is 3. The first kappa shape index (κ1) is 29.0. The topological polar surface area (TPSA) is 61.8 Å². The van der Waals surface area contributed by atoms with Crippen LogP contribution in [-0.4, -0.2) is 25.2 Å². The Balaban J connectivity index is 1.50. The number of benzene rings is 3. The van der Waals surface area contributed by atoms with Gasteiger partial charge in [-0.3, -0.25) is 0 Å². The van der Waals surface area contributed by atoms with E-state index in [0.717, 1.165) is 41.5 Å². The molecule has 5 nitrogen and oxygen atoms in total. The van der Waals surface area contributed by atoms with E-state index in [1.807, 2.05) is 37.3 Å². The molecule has 0 saturated carbocycles. The minimum absolute atomic E-state index is 0.343. The van der Waals surface area contributed by atoms with Crippen molar-refractivity contribution in [2.45, 2.75) is 65.7 Å². The van der Waals surface area contributed by atoms with Crippen LogP contribution < -0.4 is 9.47 Å². The quantitative estimate of drug-likeness (QED) is 0.0878. The molecule has 3 rings (SSSR count). The van der Waals surface area contributed by atoms with E-state index in [2.05, 4.69) is 13.8 Å². The summed E-state index contributed by atoms with van der Waals surface area (Å²) in [5.41, 5.74) is 1.29. The van der Waals surface area contributed by atoms with E-state index in [1.165, 1.54) is 38.2 Å². The summed E-state index contributed by atoms with van der Waals surface area (Å²) in [5, 5.41) is 1.97. The molecule has 3 aromatic carbocycles. The van der Waals surface area contributed by atoms with Gasteiger partial charge in [-0.1, -0.05) is 83.6 Å². The summed E-state index contributed by atoms with van der Waals surface area (Å²) in [6.07, 6.45) is 11.5. The summed E-state index contributed by atoms with van der Waals surface area (Å²) in [6.45, 7) is 7.46. The summed E-state index contributed by atoms with van der Waals surface area (Å²) in [6, 6.07) is 18.4. The summed E-state index contributed by atoms with van der Waals surface area (Å²) in [5.74, 6) is 0.834. The minimum atomic E-state index is -0.424. The van der Waals surface area contributed by atoms with Crippen molar-refractivity contribution in [3.05, 3.63) is 77.9 Å². The van der Waals surface area contributed by atoms with Crippen LogP contribution in [0.15, 0.2) is 66.7 Å². The van der Waals surface area contributed by atoms with Gasteiger partial charge in [0.1, 0.15) is 11.5 Å². The molecule has 0 unspecified atom stereocenters. The molecule has 0 aromatic heterocycles. The number of unbranched alkanes of at least 4 members (excludes halogenated alkanes) is 5. The molecule has 0 aliphatic carbocycles. The lowest BCUT2D eigenvalue weighted by Crippen LogP contribution is -2.09. The molecule has 1 atom stereocenters. The Labute approximate surface area is 226 Å². The summed E-state index contributed by atoms with van der Waals surface area (Å²) in [7, 11) is 0. The number of carbonyl (C=O) groups excluding carboxylic acids is 2. The molecule has 0 bridgehead atoms. The monoisotopic (exact) mass is 516 g/mol. The zero-order chi connectivity index (χ0) is 27.2. The first-order valence-corrected chi connectivity index (χ1v) is 13.8. The van der Waals surface area contributed by atoms with Crippen LogP contribution >= 0.6 is 0 Å². The van der Waals surface area contributed by atoms with Gasteiger partial charge >= 0.3 is 11.9 Å². The Morgan fingerprint density at radius 1 is 0.816 bits per heavy atom. The average molecular weight is 517 g/mol. The highest BCUT2D eigenvalue weighted by molar-refractivity contribution is 5.96. The lowest BCUT2D eigenvalue weighted by molar-refractivity contribution is -0.138. The third-order valence-electron chi connectivity index (χ3n) is 6.52. The number of hydrogen-bond acceptors (Lipinski definition) is 5. The molecule has 38 heavy (non-hydrogen) atoms. The van der Waals surface area contributed by atoms with Crippen molar-refractivity contribution in [1.82, 2.24) is 0 Å². The molecule has 0 aliphatic heterocycles. The van der Waals surface area contributed by atoms with Crippen molar-refractivity contribution < 1.29 is 23.8 Å². The smallest absolute Gasteiger partial charge is 0.343 e. The van der Waals surface area contributed by atoms with Gasteiger partial charge in [0.05, 0.1) is 18.8 Å². The van der Waals surface area contributed by atoms with Gasteiger partial charge in [0, 0.05) is 6.08 Å². The number of esters is 2. The van der Waals surface area contributed by atoms with E-state index in [-0.39, 0.29) is 5.97 Å². The number of fused-ring (bicyclic) bond motifs is 1. The minimum Gasteiger partial charge on any atom is -0.494 e. The van der Waals surface area contributed by atoms with Crippen LogP contribution in [0.25, 0.3) is 16.8 Å². The standard InChI is InChI=1S/C33H40O5/c1-4-6-7-8-9-10-21-36-31-19-16-27-22-29(15-14-28(27)23-31)33(35)38-30-17-11-26(12-18-30)13-20-32(34)37-24-25(3)5-2/h11-20,22-23,25H,4-10,21,24H2,1-3H3/b20-13+/t25-/m0/s1. The highest BCUT2D eigenvalue weighted by Crippen LogP contribution is 2.24. The Bertz CT molecular complexity index is 1200. The molecule has 0 heterocycles. The predicted octanol–water partition coefficient (Wildman–Crippen LogP) is 8.40. The molecule has 202 valence electrons. The van der Waals surface area contributed by atoms with Crippen LogP contribution in [0.1, 0.15) is 81.6 Å². The van der Waals surface area contributed by atoms with Crippen LogP contribution in [0.3, 0.4) is 0 Å². The maximum absolute atomic E-state index is 12.7. The molecule has 0 fully saturated rings. The lowest BCUT2D eigenvalue weighted by Gasteiger charge is -2.09. The summed E-state index contributed by atoms with van der Waals surface area (Å²) in [4.78, 5) is 24.6. The van der Waals surface area contributed by atoms with Crippen molar-refractivity contribution in [1.29, 1.82) is 0 Å². The molecule has 0 N–H and O–H groups in total. The molecular formula is C33H40O5. The van der Waals surface area contributed by atoms with Crippen LogP contribution in [0.4, 0.5) is 0 Å². The summed E-state index contributed by atoms with van der Waals surface area (Å²) < 4.78 is 16.7. The fraction of sp³-hybridized carbons (Fsp3) is 0.394. The van der Waals surface area contributed by atoms with E-state index in [4.69, 9.17) is 14.2 Å². The molecule has 0 radical (unpaired) electrons. The second-order valence-corrected chi connectivity index (χ2v) is 9.78. The fourth-order valence-corrected chi connectivity index (χ4v) is 3.88. The van der Waals surface area contributed by atoms with Crippen molar-refractivity contribution in [2.24, 2.45) is 5.92 Å². The summed E-state index contributed by atoms with van der Waals surface area (Å²) >= 11 is 0. The third kappa shape index (κ3) is 9.70. The average Bonchev–Trinajstić information content (AvgIpc) is 2.94. The third-order valence-corrected chi connectivity index (χ3v) is 6.52. The Morgan fingerprint density at radius 2 is 1.50 bits per heavy atom. The van der Waals surface area contributed by atoms with Gasteiger partial charge in [-0.05, 0) is 71.1 Å². The zero-order valence-electron chi connectivity index (χ0n) is 22.9. The second kappa shape index (κ2) is 15.6. The fourth-order valence-electron chi connectivity index (χ4n) is 3.88. The van der Waals surface area contributed by atoms with Gasteiger partial charge in [-0.25, -0.2) is 9.59 Å². The molecule has 0 spiro atoms. The maximum Gasteiger partial charge on any atom is 0.343 e. The van der Waals surface area contributed by atoms with Crippen LogP contribution in [0, 0.1) is 5.92 Å². The molecule has 5 heteroatoms. The highest BCUT2D eigenvalue weighted by Gasteiger charge is 2.10. The Morgan fingerprint density at radius 3 is 2.26 bits per heavy atom. The second-order valence-electron chi connectivity index (χ2n) is 9.78. The zero-order valence-corrected chi connectivity index (χ0v) is 22.9. The van der Waals surface area contributed by atoms with Gasteiger partial charge in [-0.15, -0.1) is 0 Å². The van der Waals surface area contributed by atoms with E-state index in [0.29, 0.717) is 23.8 Å². The Hall–Kier alpha value is -3.60. The van der Waals surface area contributed by atoms with Crippen LogP contribution in [0.2, 0.25) is 0 Å². The van der Waals surface area contributed by atoms with Gasteiger partial charge in [0.15, 0.2) is 0 Å². The van der Waals surface area contributed by atoms with Gasteiger partial charge in [-0.2, -0.15) is 0 Å². The predicted molar refractivity (Wildman–Crippen MR) is 154 cm³/mol. The number of rotatable bonds is 15. The molecule has 0 amide bonds. The van der Waals surface area contributed by atoms with Crippen molar-refractivity contribution in [2.75, 3.05) is 13.2 Å². The van der Waals surface area contributed by atoms with E-state index in [9.17, 15) is 9.59 Å². The molecular weight excluding hydrogens is 476 g/mol. The van der Waals surface area contributed by atoms with Crippen molar-refractivity contribution in [3.63, 3.8) is 0 Å². The number of hydrogen-bond donors (Lipinski definition) is 0. The van der Waals surface area contributed by atoms with E-state index < -0.39 is 5.97 Å². The lowest BCUT2D eigenvalue weighted by atomic mass is 10.1. The van der Waals surface area contributed by atoms with Gasteiger partial charge < -0.3 is 14.2 Å². The molecule has 0 saturated heterocycles.